The molecule has 1 aromatic carbocycles. The van der Waals surface area contributed by atoms with Crippen molar-refractivity contribution < 1.29 is 29.3 Å². The highest BCUT2D eigenvalue weighted by Crippen LogP contribution is 2.67. The number of aryl methyl sites for hydroxylation is 1. The van der Waals surface area contributed by atoms with Gasteiger partial charge in [0.1, 0.15) is 5.60 Å². The maximum Gasteiger partial charge on any atom is 0.310 e. The summed E-state index contributed by atoms with van der Waals surface area (Å²) in [7, 11) is 1.85. The number of carbonyl (C=O) groups excluding carboxylic acids is 3. The minimum absolute atomic E-state index is 0.0112. The highest BCUT2D eigenvalue weighted by atomic mass is 16.5. The van der Waals surface area contributed by atoms with Gasteiger partial charge in [-0.25, -0.2) is 0 Å². The van der Waals surface area contributed by atoms with Gasteiger partial charge in [0, 0.05) is 35.6 Å². The molecular formula is C33H38N2O6. The maximum absolute atomic E-state index is 13.5. The summed E-state index contributed by atoms with van der Waals surface area (Å²) in [6, 6.07) is 9.38. The van der Waals surface area contributed by atoms with Gasteiger partial charge in [0.05, 0.1) is 18.2 Å². The third-order valence-corrected chi connectivity index (χ3v) is 10.8. The van der Waals surface area contributed by atoms with E-state index in [9.17, 15) is 24.6 Å². The van der Waals surface area contributed by atoms with Gasteiger partial charge < -0.3 is 14.9 Å². The van der Waals surface area contributed by atoms with E-state index in [1.807, 2.05) is 56.6 Å². The van der Waals surface area contributed by atoms with Crippen LogP contribution in [0.2, 0.25) is 0 Å². The van der Waals surface area contributed by atoms with Crippen LogP contribution in [0, 0.1) is 28.6 Å². The molecule has 216 valence electrons. The monoisotopic (exact) mass is 558 g/mol. The molecule has 6 unspecified atom stereocenters. The van der Waals surface area contributed by atoms with Crippen LogP contribution in [0.4, 0.5) is 0 Å². The summed E-state index contributed by atoms with van der Waals surface area (Å²) in [5.41, 5.74) is 0.687. The van der Waals surface area contributed by atoms with Gasteiger partial charge in [-0.1, -0.05) is 49.8 Å². The number of ether oxygens (including phenoxy) is 1. The molecule has 7 atom stereocenters. The first kappa shape index (κ1) is 27.8. The summed E-state index contributed by atoms with van der Waals surface area (Å²) in [6.45, 7) is 3.52. The SMILES string of the molecule is Cn1ccc(-c2ccc(CC(=O)OCC(=O)[C@@]3(O)CCC4C5CCC6=CC(=O)C=CC6(C)C5C(O)CC43C)cc2)n1. The number of carbonyl (C=O) groups is 3. The molecular weight excluding hydrogens is 520 g/mol. The van der Waals surface area contributed by atoms with Crippen LogP contribution in [0.25, 0.3) is 11.3 Å². The summed E-state index contributed by atoms with van der Waals surface area (Å²) in [5, 5.41) is 27.8. The average Bonchev–Trinajstić information content (AvgIpc) is 3.48. The summed E-state index contributed by atoms with van der Waals surface area (Å²) in [6.07, 6.45) is 9.21. The molecule has 8 heteroatoms. The van der Waals surface area contributed by atoms with Crippen molar-refractivity contribution in [2.75, 3.05) is 6.61 Å². The second-order valence-electron chi connectivity index (χ2n) is 12.9. The fourth-order valence-corrected chi connectivity index (χ4v) is 8.63. The van der Waals surface area contributed by atoms with Crippen molar-refractivity contribution >= 4 is 17.5 Å². The van der Waals surface area contributed by atoms with Gasteiger partial charge >= 0.3 is 5.97 Å². The molecule has 8 nitrogen and oxygen atoms in total. The molecule has 3 fully saturated rings. The topological polar surface area (TPSA) is 119 Å². The van der Waals surface area contributed by atoms with Crippen molar-refractivity contribution in [1.82, 2.24) is 9.78 Å². The quantitative estimate of drug-likeness (QED) is 0.519. The molecule has 3 saturated carbocycles. The second kappa shape index (κ2) is 9.88. The predicted octanol–water partition coefficient (Wildman–Crippen LogP) is 3.75. The van der Waals surface area contributed by atoms with Gasteiger partial charge in [-0.2, -0.15) is 5.10 Å². The zero-order valence-corrected chi connectivity index (χ0v) is 23.9. The molecule has 4 aliphatic rings. The van der Waals surface area contributed by atoms with Crippen LogP contribution in [-0.4, -0.2) is 55.8 Å². The molecule has 0 aliphatic heterocycles. The van der Waals surface area contributed by atoms with E-state index in [1.165, 1.54) is 0 Å². The molecule has 0 spiro atoms. The number of allylic oxidation sites excluding steroid dienone is 4. The zero-order chi connectivity index (χ0) is 29.2. The van der Waals surface area contributed by atoms with Crippen LogP contribution < -0.4 is 0 Å². The second-order valence-corrected chi connectivity index (χ2v) is 12.9. The van der Waals surface area contributed by atoms with E-state index in [2.05, 4.69) is 12.0 Å². The molecule has 0 amide bonds. The Labute approximate surface area is 240 Å². The van der Waals surface area contributed by atoms with Gasteiger partial charge in [0.2, 0.25) is 5.78 Å². The number of aliphatic hydroxyl groups is 2. The Morgan fingerprint density at radius 1 is 1.15 bits per heavy atom. The molecule has 0 saturated heterocycles. The highest BCUT2D eigenvalue weighted by Gasteiger charge is 2.68. The lowest BCUT2D eigenvalue weighted by Crippen LogP contribution is -2.61. The third-order valence-electron chi connectivity index (χ3n) is 10.8. The number of esters is 1. The predicted molar refractivity (Wildman–Crippen MR) is 151 cm³/mol. The van der Waals surface area contributed by atoms with E-state index >= 15 is 0 Å². The Bertz CT molecular complexity index is 1460. The standard InChI is InChI=1S/C33H38N2O6/c1-31-13-10-23(36)17-22(31)8-9-24-25-11-14-33(40,32(25,2)18-27(37)30(24)31)28(38)19-41-29(39)16-20-4-6-21(7-5-20)26-12-15-35(3)34-26/h4-7,10,12-13,15,17,24-25,27,30,37,40H,8-9,11,14,16,18-19H2,1-3H3/t24?,25?,27?,30?,31?,32?,33-/m0/s1. The van der Waals surface area contributed by atoms with Crippen molar-refractivity contribution in [3.05, 3.63) is 65.9 Å². The summed E-state index contributed by atoms with van der Waals surface area (Å²) >= 11 is 0. The van der Waals surface area contributed by atoms with Gasteiger partial charge in [0.15, 0.2) is 12.4 Å². The fourth-order valence-electron chi connectivity index (χ4n) is 8.63. The number of hydrogen-bond donors (Lipinski definition) is 2. The van der Waals surface area contributed by atoms with Crippen LogP contribution in [-0.2, 0) is 32.6 Å². The first-order valence-electron chi connectivity index (χ1n) is 14.6. The minimum Gasteiger partial charge on any atom is -0.457 e. The van der Waals surface area contributed by atoms with Crippen LogP contribution in [0.15, 0.2) is 60.3 Å². The molecule has 41 heavy (non-hydrogen) atoms. The molecule has 1 heterocycles. The van der Waals surface area contributed by atoms with Gasteiger partial charge in [-0.05, 0) is 67.7 Å². The van der Waals surface area contributed by atoms with E-state index < -0.39 is 40.9 Å². The number of nitrogens with zero attached hydrogens (tertiary/aromatic N) is 2. The molecule has 0 radical (unpaired) electrons. The number of rotatable bonds is 6. The van der Waals surface area contributed by atoms with E-state index in [-0.39, 0.29) is 42.8 Å². The maximum atomic E-state index is 13.5. The van der Waals surface area contributed by atoms with E-state index in [4.69, 9.17) is 4.74 Å². The minimum atomic E-state index is -1.68. The van der Waals surface area contributed by atoms with Crippen LogP contribution >= 0.6 is 0 Å². The van der Waals surface area contributed by atoms with Gasteiger partial charge in [0.25, 0.3) is 0 Å². The summed E-state index contributed by atoms with van der Waals surface area (Å²) < 4.78 is 7.11. The number of benzene rings is 1. The lowest BCUT2D eigenvalue weighted by atomic mass is 9.46. The van der Waals surface area contributed by atoms with Crippen molar-refractivity contribution in [2.24, 2.45) is 35.6 Å². The number of aliphatic hydroxyl groups excluding tert-OH is 1. The lowest BCUT2D eigenvalue weighted by Gasteiger charge is -2.59. The van der Waals surface area contributed by atoms with Gasteiger partial charge in [-0.15, -0.1) is 0 Å². The molecule has 1 aromatic heterocycles. The van der Waals surface area contributed by atoms with E-state index in [0.717, 1.165) is 35.2 Å². The normalized spacial score (nSPS) is 35.7. The van der Waals surface area contributed by atoms with Crippen LogP contribution in [0.1, 0.15) is 51.5 Å². The van der Waals surface area contributed by atoms with Crippen molar-refractivity contribution in [3.8, 4) is 11.3 Å². The van der Waals surface area contributed by atoms with Gasteiger partial charge in [-0.3, -0.25) is 19.1 Å². The van der Waals surface area contributed by atoms with Crippen molar-refractivity contribution in [1.29, 1.82) is 0 Å². The molecule has 2 N–H and O–H groups in total. The lowest BCUT2D eigenvalue weighted by molar-refractivity contribution is -0.181. The fraction of sp³-hybridized carbons (Fsp3) is 0.515. The Morgan fingerprint density at radius 3 is 2.61 bits per heavy atom. The number of hydrogen-bond acceptors (Lipinski definition) is 7. The van der Waals surface area contributed by atoms with Crippen LogP contribution in [0.3, 0.4) is 0 Å². The molecule has 2 aromatic rings. The number of fused-ring (bicyclic) bond motifs is 5. The first-order chi connectivity index (χ1) is 19.4. The third kappa shape index (κ3) is 4.43. The van der Waals surface area contributed by atoms with Crippen LogP contribution in [0.5, 0.6) is 0 Å². The Morgan fingerprint density at radius 2 is 1.90 bits per heavy atom. The van der Waals surface area contributed by atoms with Crippen molar-refractivity contribution in [3.63, 3.8) is 0 Å². The highest BCUT2D eigenvalue weighted by molar-refractivity contribution is 6.01. The summed E-state index contributed by atoms with van der Waals surface area (Å²) in [4.78, 5) is 38.2. The zero-order valence-electron chi connectivity index (χ0n) is 23.9. The molecule has 0 bridgehead atoms. The molecule has 4 aliphatic carbocycles. The van der Waals surface area contributed by atoms with Crippen molar-refractivity contribution in [2.45, 2.75) is 64.1 Å². The Hall–Kier alpha value is -3.36. The first-order valence-corrected chi connectivity index (χ1v) is 14.6. The smallest absolute Gasteiger partial charge is 0.310 e. The number of ketones is 2. The largest absolute Gasteiger partial charge is 0.457 e. The number of aromatic nitrogens is 2. The average molecular weight is 559 g/mol. The Kier molecular flexibility index (Phi) is 6.70. The summed E-state index contributed by atoms with van der Waals surface area (Å²) in [5.74, 6) is -0.969. The number of Topliss-reactive ketones (excluding diaryl/α,β-unsaturated/α-hetero) is 1. The molecule has 6 rings (SSSR count). The van der Waals surface area contributed by atoms with E-state index in [0.29, 0.717) is 6.42 Å². The van der Waals surface area contributed by atoms with E-state index in [1.54, 1.807) is 16.8 Å². The Balaban J connectivity index is 1.12.